The Labute approximate surface area is 155 Å². The van der Waals surface area contributed by atoms with E-state index in [1.54, 1.807) is 39.5 Å². The number of anilines is 1. The summed E-state index contributed by atoms with van der Waals surface area (Å²) in [5, 5.41) is 6.65. The molecular weight excluding hydrogens is 356 g/mol. The smallest absolute Gasteiger partial charge is 0.230 e. The van der Waals surface area contributed by atoms with Gasteiger partial charge in [-0.2, -0.15) is 5.10 Å². The number of aromatic nitrogens is 3. The monoisotopic (exact) mass is 374 g/mol. The van der Waals surface area contributed by atoms with Gasteiger partial charge in [-0.25, -0.2) is 4.68 Å². The van der Waals surface area contributed by atoms with E-state index in [2.05, 4.69) is 16.1 Å². The lowest BCUT2D eigenvalue weighted by atomic mass is 10.1. The van der Waals surface area contributed by atoms with E-state index >= 15 is 0 Å². The van der Waals surface area contributed by atoms with Gasteiger partial charge >= 0.3 is 0 Å². The zero-order chi connectivity index (χ0) is 17.8. The van der Waals surface area contributed by atoms with E-state index in [4.69, 9.17) is 11.6 Å². The molecule has 3 aromatic rings. The third-order valence-corrected chi connectivity index (χ3v) is 5.11. The Balaban J connectivity index is 1.83. The van der Waals surface area contributed by atoms with Crippen molar-refractivity contribution in [1.29, 1.82) is 0 Å². The van der Waals surface area contributed by atoms with Crippen molar-refractivity contribution in [3.63, 3.8) is 0 Å². The van der Waals surface area contributed by atoms with E-state index in [1.807, 2.05) is 37.4 Å². The van der Waals surface area contributed by atoms with E-state index < -0.39 is 0 Å². The molecule has 3 aromatic heterocycles. The Hall–Kier alpha value is -2.18. The predicted octanol–water partition coefficient (Wildman–Crippen LogP) is 4.21. The highest BCUT2D eigenvalue weighted by molar-refractivity contribution is 7.09. The zero-order valence-electron chi connectivity index (χ0n) is 14.1. The summed E-state index contributed by atoms with van der Waals surface area (Å²) in [6.07, 6.45) is 5.90. The number of thiophene rings is 1. The van der Waals surface area contributed by atoms with Crippen molar-refractivity contribution in [3.8, 4) is 5.69 Å². The second-order valence-electron chi connectivity index (χ2n) is 5.73. The highest BCUT2D eigenvalue weighted by Crippen LogP contribution is 2.28. The van der Waals surface area contributed by atoms with Crippen molar-refractivity contribution in [1.82, 2.24) is 14.8 Å². The topological polar surface area (TPSA) is 51.0 Å². The molecule has 0 bridgehead atoms. The van der Waals surface area contributed by atoms with Crippen LogP contribution in [0.1, 0.15) is 18.7 Å². The number of halogens is 1. The molecule has 0 saturated heterocycles. The first-order valence-corrected chi connectivity index (χ1v) is 9.35. The number of hydrogen-bond acceptors (Lipinski definition) is 4. The number of hydrogen-bond donors (Lipinski definition) is 0. The van der Waals surface area contributed by atoms with E-state index in [-0.39, 0.29) is 11.8 Å². The molecule has 130 valence electrons. The van der Waals surface area contributed by atoms with Gasteiger partial charge in [0.15, 0.2) is 5.15 Å². The summed E-state index contributed by atoms with van der Waals surface area (Å²) in [6, 6.07) is 7.77. The Morgan fingerprint density at radius 3 is 2.88 bits per heavy atom. The summed E-state index contributed by atoms with van der Waals surface area (Å²) in [4.78, 5) is 19.9. The molecule has 3 rings (SSSR count). The van der Waals surface area contributed by atoms with Gasteiger partial charge in [0.2, 0.25) is 5.91 Å². The molecule has 1 unspecified atom stereocenters. The zero-order valence-corrected chi connectivity index (χ0v) is 15.7. The van der Waals surface area contributed by atoms with Gasteiger partial charge < -0.3 is 4.90 Å². The predicted molar refractivity (Wildman–Crippen MR) is 102 cm³/mol. The molecule has 5 nitrogen and oxygen atoms in total. The van der Waals surface area contributed by atoms with Crippen LogP contribution in [0.5, 0.6) is 0 Å². The number of amides is 1. The highest BCUT2D eigenvalue weighted by Gasteiger charge is 2.25. The molecule has 7 heteroatoms. The molecule has 0 spiro atoms. The molecule has 0 saturated carbocycles. The number of carbonyl (C=O) groups excluding carboxylic acids is 1. The Bertz CT molecular complexity index is 832. The van der Waals surface area contributed by atoms with Crippen LogP contribution in [0.3, 0.4) is 0 Å². The quantitative estimate of drug-likeness (QED) is 0.649. The lowest BCUT2D eigenvalue weighted by Crippen LogP contribution is -2.35. The van der Waals surface area contributed by atoms with E-state index in [9.17, 15) is 4.79 Å². The van der Waals surface area contributed by atoms with Gasteiger partial charge in [-0.15, -0.1) is 11.3 Å². The fourth-order valence-electron chi connectivity index (χ4n) is 2.68. The van der Waals surface area contributed by atoms with Crippen LogP contribution in [0.4, 0.5) is 5.69 Å². The van der Waals surface area contributed by atoms with Crippen LogP contribution in [0.15, 0.2) is 48.2 Å². The minimum atomic E-state index is -0.128. The van der Waals surface area contributed by atoms with Crippen LogP contribution in [-0.2, 0) is 11.2 Å². The van der Waals surface area contributed by atoms with Crippen LogP contribution < -0.4 is 4.90 Å². The maximum Gasteiger partial charge on any atom is 0.230 e. The van der Waals surface area contributed by atoms with Gasteiger partial charge in [0, 0.05) is 23.5 Å². The maximum atomic E-state index is 12.9. The van der Waals surface area contributed by atoms with Crippen LogP contribution in [0.2, 0.25) is 5.15 Å². The first-order chi connectivity index (χ1) is 12.1. The van der Waals surface area contributed by atoms with Crippen molar-refractivity contribution >= 4 is 34.5 Å². The van der Waals surface area contributed by atoms with Crippen LogP contribution in [-0.4, -0.2) is 27.2 Å². The van der Waals surface area contributed by atoms with Gasteiger partial charge in [0.05, 0.1) is 18.1 Å². The second-order valence-corrected chi connectivity index (χ2v) is 7.12. The SMILES string of the molecule is CCN(C(=O)C(C)Cc1cccs1)c1cn(-c2cccnc2)nc1Cl. The number of rotatable bonds is 6. The summed E-state index contributed by atoms with van der Waals surface area (Å²) in [5.41, 5.74) is 1.42. The fraction of sp³-hybridized carbons (Fsp3) is 0.278. The molecule has 25 heavy (non-hydrogen) atoms. The summed E-state index contributed by atoms with van der Waals surface area (Å²) in [6.45, 7) is 4.42. The highest BCUT2D eigenvalue weighted by atomic mass is 35.5. The first-order valence-electron chi connectivity index (χ1n) is 8.09. The standard InChI is InChI=1S/C18H19ClN4OS/c1-3-22(18(24)13(2)10-15-7-5-9-25-15)16-12-23(21-17(16)19)14-6-4-8-20-11-14/h4-9,11-13H,3,10H2,1-2H3. The first kappa shape index (κ1) is 17.6. The molecule has 1 amide bonds. The van der Waals surface area contributed by atoms with Gasteiger partial charge in [-0.3, -0.25) is 9.78 Å². The van der Waals surface area contributed by atoms with Crippen molar-refractivity contribution in [2.45, 2.75) is 20.3 Å². The summed E-state index contributed by atoms with van der Waals surface area (Å²) in [7, 11) is 0. The number of carbonyl (C=O) groups is 1. The Morgan fingerprint density at radius 2 is 2.24 bits per heavy atom. The average Bonchev–Trinajstić information content (AvgIpc) is 3.26. The molecule has 0 aliphatic rings. The average molecular weight is 375 g/mol. The summed E-state index contributed by atoms with van der Waals surface area (Å²) < 4.78 is 1.64. The Morgan fingerprint density at radius 1 is 1.40 bits per heavy atom. The molecule has 0 aromatic carbocycles. The van der Waals surface area contributed by atoms with Gasteiger partial charge in [-0.05, 0) is 36.9 Å². The molecule has 0 aliphatic heterocycles. The minimum Gasteiger partial charge on any atom is -0.308 e. The van der Waals surface area contributed by atoms with Crippen molar-refractivity contribution in [3.05, 3.63) is 58.3 Å². The van der Waals surface area contributed by atoms with E-state index in [0.29, 0.717) is 17.4 Å². The fourth-order valence-corrected chi connectivity index (χ4v) is 3.74. The molecule has 0 fully saturated rings. The van der Waals surface area contributed by atoms with Crippen LogP contribution in [0, 0.1) is 5.92 Å². The molecular formula is C18H19ClN4OS. The third-order valence-electron chi connectivity index (χ3n) is 3.94. The maximum absolute atomic E-state index is 12.9. The Kier molecular flexibility index (Phi) is 5.50. The molecule has 3 heterocycles. The van der Waals surface area contributed by atoms with Crippen LogP contribution in [0.25, 0.3) is 5.69 Å². The molecule has 0 radical (unpaired) electrons. The van der Waals surface area contributed by atoms with E-state index in [0.717, 1.165) is 12.1 Å². The van der Waals surface area contributed by atoms with Crippen molar-refractivity contribution in [2.24, 2.45) is 5.92 Å². The van der Waals surface area contributed by atoms with Crippen LogP contribution >= 0.6 is 22.9 Å². The van der Waals surface area contributed by atoms with Gasteiger partial charge in [-0.1, -0.05) is 24.6 Å². The molecule has 1 atom stereocenters. The van der Waals surface area contributed by atoms with Crippen molar-refractivity contribution in [2.75, 3.05) is 11.4 Å². The minimum absolute atomic E-state index is 0.0449. The number of nitrogens with zero attached hydrogens (tertiary/aromatic N) is 4. The normalized spacial score (nSPS) is 12.1. The number of pyridine rings is 1. The molecule has 0 aliphatic carbocycles. The van der Waals surface area contributed by atoms with Gasteiger partial charge in [0.1, 0.15) is 5.69 Å². The van der Waals surface area contributed by atoms with Crippen molar-refractivity contribution < 1.29 is 4.79 Å². The third kappa shape index (κ3) is 3.91. The molecule has 0 N–H and O–H groups in total. The van der Waals surface area contributed by atoms with E-state index in [1.165, 1.54) is 4.88 Å². The second kappa shape index (κ2) is 7.80. The summed E-state index contributed by atoms with van der Waals surface area (Å²) >= 11 is 7.98. The van der Waals surface area contributed by atoms with Gasteiger partial charge in [0.25, 0.3) is 0 Å². The summed E-state index contributed by atoms with van der Waals surface area (Å²) in [5.74, 6) is -0.0834. The lowest BCUT2D eigenvalue weighted by Gasteiger charge is -2.23. The largest absolute Gasteiger partial charge is 0.308 e. The lowest BCUT2D eigenvalue weighted by molar-refractivity contribution is -0.121.